The summed E-state index contributed by atoms with van der Waals surface area (Å²) in [6, 6.07) is 6.16. The molecule has 22 heavy (non-hydrogen) atoms. The third kappa shape index (κ3) is 3.21. The smallest absolute Gasteiger partial charge is 0.287 e. The van der Waals surface area contributed by atoms with Gasteiger partial charge in [-0.25, -0.2) is 0 Å². The standard InChI is InChI=1S/C15H15NO6/c1-8(18)14(11(20)7-17)16-15(21)13-6-10(19)9-4-2-3-5-12(9)22-13/h2-6,8,14,17-18H,7H2,1H3,(H,16,21)/t8-,14+/m1/s1. The third-order valence-electron chi connectivity index (χ3n) is 3.13. The molecule has 1 aromatic heterocycles. The number of fused-ring (bicyclic) bond motifs is 1. The Balaban J connectivity index is 2.33. The van der Waals surface area contributed by atoms with Gasteiger partial charge in [-0.05, 0) is 19.1 Å². The lowest BCUT2D eigenvalue weighted by molar-refractivity contribution is -0.125. The highest BCUT2D eigenvalue weighted by Gasteiger charge is 2.26. The zero-order valence-electron chi connectivity index (χ0n) is 11.8. The van der Waals surface area contributed by atoms with Gasteiger partial charge in [-0.2, -0.15) is 0 Å². The molecule has 0 aliphatic carbocycles. The van der Waals surface area contributed by atoms with Crippen LogP contribution >= 0.6 is 0 Å². The van der Waals surface area contributed by atoms with Crippen LogP contribution in [0, 0.1) is 0 Å². The number of aliphatic hydroxyl groups is 2. The van der Waals surface area contributed by atoms with E-state index >= 15 is 0 Å². The SMILES string of the molecule is C[C@@H](O)[C@H](NC(=O)c1cc(=O)c2ccccc2o1)C(=O)CO. The molecule has 1 amide bonds. The molecular weight excluding hydrogens is 290 g/mol. The summed E-state index contributed by atoms with van der Waals surface area (Å²) in [5, 5.41) is 20.9. The molecule has 0 radical (unpaired) electrons. The zero-order valence-corrected chi connectivity index (χ0v) is 11.8. The highest BCUT2D eigenvalue weighted by Crippen LogP contribution is 2.12. The van der Waals surface area contributed by atoms with E-state index in [-0.39, 0.29) is 11.3 Å². The van der Waals surface area contributed by atoms with Gasteiger partial charge >= 0.3 is 0 Å². The van der Waals surface area contributed by atoms with Crippen molar-refractivity contribution >= 4 is 22.7 Å². The number of carbonyl (C=O) groups excluding carboxylic acids is 2. The molecule has 0 aliphatic rings. The molecule has 0 unspecified atom stereocenters. The van der Waals surface area contributed by atoms with Crippen molar-refractivity contribution in [2.45, 2.75) is 19.1 Å². The van der Waals surface area contributed by atoms with Crippen LogP contribution in [0.15, 0.2) is 39.5 Å². The number of carbonyl (C=O) groups is 2. The van der Waals surface area contributed by atoms with Gasteiger partial charge in [0.05, 0.1) is 11.5 Å². The minimum Gasteiger partial charge on any atom is -0.451 e. The van der Waals surface area contributed by atoms with Crippen molar-refractivity contribution in [3.63, 3.8) is 0 Å². The van der Waals surface area contributed by atoms with Crippen molar-refractivity contribution < 1.29 is 24.2 Å². The fourth-order valence-electron chi connectivity index (χ4n) is 2.00. The summed E-state index contributed by atoms with van der Waals surface area (Å²) in [5.74, 6) is -1.85. The number of nitrogens with one attached hydrogen (secondary N) is 1. The summed E-state index contributed by atoms with van der Waals surface area (Å²) < 4.78 is 5.33. The van der Waals surface area contributed by atoms with E-state index in [2.05, 4.69) is 5.32 Å². The Hall–Kier alpha value is -2.51. The maximum Gasteiger partial charge on any atom is 0.287 e. The molecule has 3 N–H and O–H groups in total. The molecule has 2 atom stereocenters. The first-order valence-electron chi connectivity index (χ1n) is 6.59. The van der Waals surface area contributed by atoms with Crippen molar-refractivity contribution in [3.05, 3.63) is 46.3 Å². The fourth-order valence-corrected chi connectivity index (χ4v) is 2.00. The summed E-state index contributed by atoms with van der Waals surface area (Å²) >= 11 is 0. The van der Waals surface area contributed by atoms with Crippen LogP contribution in [-0.4, -0.2) is 40.7 Å². The van der Waals surface area contributed by atoms with Gasteiger partial charge in [0.25, 0.3) is 5.91 Å². The van der Waals surface area contributed by atoms with Gasteiger partial charge in [-0.1, -0.05) is 12.1 Å². The maximum atomic E-state index is 12.1. The molecule has 0 bridgehead atoms. The van der Waals surface area contributed by atoms with Crippen molar-refractivity contribution in [2.75, 3.05) is 6.61 Å². The average Bonchev–Trinajstić information content (AvgIpc) is 2.51. The van der Waals surface area contributed by atoms with E-state index in [0.717, 1.165) is 6.07 Å². The largest absolute Gasteiger partial charge is 0.451 e. The Morgan fingerprint density at radius 3 is 2.64 bits per heavy atom. The Morgan fingerprint density at radius 2 is 2.00 bits per heavy atom. The van der Waals surface area contributed by atoms with E-state index in [0.29, 0.717) is 5.39 Å². The lowest BCUT2D eigenvalue weighted by Gasteiger charge is -2.18. The van der Waals surface area contributed by atoms with E-state index in [1.165, 1.54) is 6.92 Å². The average molecular weight is 305 g/mol. The highest BCUT2D eigenvalue weighted by atomic mass is 16.3. The molecule has 2 rings (SSSR count). The van der Waals surface area contributed by atoms with E-state index in [1.807, 2.05) is 0 Å². The summed E-state index contributed by atoms with van der Waals surface area (Å²) in [5.41, 5.74) is -0.156. The van der Waals surface area contributed by atoms with Gasteiger partial charge in [-0.15, -0.1) is 0 Å². The van der Waals surface area contributed by atoms with Crippen LogP contribution in [0.4, 0.5) is 0 Å². The van der Waals surface area contributed by atoms with Crippen LogP contribution in [0.5, 0.6) is 0 Å². The number of Topliss-reactive ketones (excluding diaryl/α,β-unsaturated/α-hetero) is 1. The Morgan fingerprint density at radius 1 is 1.32 bits per heavy atom. The summed E-state index contributed by atoms with van der Waals surface area (Å²) in [4.78, 5) is 35.5. The van der Waals surface area contributed by atoms with Gasteiger partial charge < -0.3 is 19.9 Å². The topological polar surface area (TPSA) is 117 Å². The van der Waals surface area contributed by atoms with Crippen molar-refractivity contribution in [3.8, 4) is 0 Å². The van der Waals surface area contributed by atoms with Gasteiger partial charge in [0, 0.05) is 6.07 Å². The molecule has 1 aromatic carbocycles. The first-order chi connectivity index (χ1) is 10.4. The van der Waals surface area contributed by atoms with Crippen LogP contribution in [0.25, 0.3) is 11.0 Å². The number of rotatable bonds is 5. The first kappa shape index (κ1) is 15.9. The Kier molecular flexibility index (Phi) is 4.69. The lowest BCUT2D eigenvalue weighted by Crippen LogP contribution is -2.48. The van der Waals surface area contributed by atoms with Crippen LogP contribution in [0.1, 0.15) is 17.5 Å². The minimum atomic E-state index is -1.28. The summed E-state index contributed by atoms with van der Waals surface area (Å²) in [6.45, 7) is 0.479. The normalized spacial score (nSPS) is 13.6. The molecule has 0 saturated carbocycles. The van der Waals surface area contributed by atoms with E-state index in [4.69, 9.17) is 9.52 Å². The number of amides is 1. The quantitative estimate of drug-likeness (QED) is 0.706. The molecule has 0 aliphatic heterocycles. The second-order valence-corrected chi connectivity index (χ2v) is 4.79. The lowest BCUT2D eigenvalue weighted by atomic mass is 10.1. The zero-order chi connectivity index (χ0) is 16.3. The molecule has 0 fully saturated rings. The van der Waals surface area contributed by atoms with Crippen LogP contribution in [0.3, 0.4) is 0 Å². The number of hydrogen-bond donors (Lipinski definition) is 3. The van der Waals surface area contributed by atoms with Crippen molar-refractivity contribution in [1.82, 2.24) is 5.32 Å². The third-order valence-corrected chi connectivity index (χ3v) is 3.13. The summed E-state index contributed by atoms with van der Waals surface area (Å²) in [7, 11) is 0. The number of ketones is 1. The summed E-state index contributed by atoms with van der Waals surface area (Å²) in [6.07, 6.45) is -1.20. The van der Waals surface area contributed by atoms with Gasteiger partial charge in [0.1, 0.15) is 18.2 Å². The number of aliphatic hydroxyl groups excluding tert-OH is 2. The molecule has 0 spiro atoms. The number of para-hydroxylation sites is 1. The van der Waals surface area contributed by atoms with Crippen LogP contribution in [0.2, 0.25) is 0 Å². The van der Waals surface area contributed by atoms with Gasteiger partial charge in [0.2, 0.25) is 0 Å². The molecular formula is C15H15NO6. The van der Waals surface area contributed by atoms with E-state index in [1.54, 1.807) is 24.3 Å². The second kappa shape index (κ2) is 6.50. The highest BCUT2D eigenvalue weighted by molar-refractivity contribution is 5.97. The van der Waals surface area contributed by atoms with Crippen LogP contribution < -0.4 is 10.7 Å². The minimum absolute atomic E-state index is 0.238. The molecule has 7 heteroatoms. The van der Waals surface area contributed by atoms with E-state index < -0.39 is 35.9 Å². The molecule has 0 saturated heterocycles. The van der Waals surface area contributed by atoms with Crippen LogP contribution in [-0.2, 0) is 4.79 Å². The van der Waals surface area contributed by atoms with Gasteiger partial charge in [0.15, 0.2) is 17.0 Å². The monoisotopic (exact) mass is 305 g/mol. The van der Waals surface area contributed by atoms with Gasteiger partial charge in [-0.3, -0.25) is 14.4 Å². The molecule has 2 aromatic rings. The Bertz CT molecular complexity index is 764. The number of hydrogen-bond acceptors (Lipinski definition) is 6. The second-order valence-electron chi connectivity index (χ2n) is 4.79. The number of benzene rings is 1. The maximum absolute atomic E-state index is 12.1. The predicted molar refractivity (Wildman–Crippen MR) is 77.5 cm³/mol. The Labute approximate surface area is 125 Å². The first-order valence-corrected chi connectivity index (χ1v) is 6.59. The molecule has 7 nitrogen and oxygen atoms in total. The predicted octanol–water partition coefficient (Wildman–Crippen LogP) is -0.166. The fraction of sp³-hybridized carbons (Fsp3) is 0.267. The molecule has 116 valence electrons. The molecule has 1 heterocycles. The van der Waals surface area contributed by atoms with Crippen molar-refractivity contribution in [1.29, 1.82) is 0 Å². The van der Waals surface area contributed by atoms with E-state index in [9.17, 15) is 19.5 Å². The van der Waals surface area contributed by atoms with Crippen molar-refractivity contribution in [2.24, 2.45) is 0 Å².